The lowest BCUT2D eigenvalue weighted by atomic mass is 10.2. The van der Waals surface area contributed by atoms with Gasteiger partial charge in [0.25, 0.3) is 15.9 Å². The topological polar surface area (TPSA) is 75.7 Å². The van der Waals surface area contributed by atoms with Crippen LogP contribution in [0, 0.1) is 12.7 Å². The fourth-order valence-corrected chi connectivity index (χ4v) is 3.96. The Labute approximate surface area is 181 Å². The van der Waals surface area contributed by atoms with Crippen molar-refractivity contribution in [3.8, 4) is 5.75 Å². The highest BCUT2D eigenvalue weighted by molar-refractivity contribution is 7.92. The summed E-state index contributed by atoms with van der Waals surface area (Å²) in [5, 5.41) is 0. The Morgan fingerprint density at radius 2 is 1.65 bits per heavy atom. The molecule has 3 aromatic rings. The van der Waals surface area contributed by atoms with Crippen LogP contribution < -0.4 is 9.46 Å². The quantitative estimate of drug-likeness (QED) is 0.573. The zero-order chi connectivity index (χ0) is 22.4. The van der Waals surface area contributed by atoms with Gasteiger partial charge in [-0.2, -0.15) is 0 Å². The Bertz CT molecular complexity index is 1160. The molecule has 0 atom stereocenters. The molecule has 3 aromatic carbocycles. The summed E-state index contributed by atoms with van der Waals surface area (Å²) in [4.78, 5) is 13.7. The van der Waals surface area contributed by atoms with Crippen LogP contribution in [0.4, 0.5) is 10.1 Å². The first-order valence-electron chi connectivity index (χ1n) is 9.55. The number of anilines is 1. The van der Waals surface area contributed by atoms with Gasteiger partial charge in [0, 0.05) is 19.2 Å². The predicted molar refractivity (Wildman–Crippen MR) is 117 cm³/mol. The number of benzene rings is 3. The Hall–Kier alpha value is -3.39. The van der Waals surface area contributed by atoms with Gasteiger partial charge < -0.3 is 9.64 Å². The molecule has 0 aliphatic carbocycles. The van der Waals surface area contributed by atoms with Crippen molar-refractivity contribution in [1.29, 1.82) is 0 Å². The van der Waals surface area contributed by atoms with Crippen molar-refractivity contribution < 1.29 is 22.3 Å². The zero-order valence-electron chi connectivity index (χ0n) is 17.2. The molecule has 0 fully saturated rings. The van der Waals surface area contributed by atoms with E-state index >= 15 is 0 Å². The summed E-state index contributed by atoms with van der Waals surface area (Å²) in [6, 6.07) is 19.1. The number of hydrogen-bond donors (Lipinski definition) is 1. The largest absolute Gasteiger partial charge is 0.484 e. The van der Waals surface area contributed by atoms with E-state index in [0.29, 0.717) is 17.0 Å². The lowest BCUT2D eigenvalue weighted by Crippen LogP contribution is -2.31. The van der Waals surface area contributed by atoms with Gasteiger partial charge in [-0.05, 0) is 48.9 Å². The summed E-state index contributed by atoms with van der Waals surface area (Å²) < 4.78 is 46.9. The minimum atomic E-state index is -3.75. The van der Waals surface area contributed by atoms with Crippen molar-refractivity contribution in [3.05, 3.63) is 89.7 Å². The molecule has 0 aliphatic rings. The summed E-state index contributed by atoms with van der Waals surface area (Å²) in [6.45, 7) is 1.68. The van der Waals surface area contributed by atoms with Gasteiger partial charge in [-0.15, -0.1) is 0 Å². The molecule has 0 aromatic heterocycles. The molecule has 0 saturated heterocycles. The first-order valence-corrected chi connectivity index (χ1v) is 11.0. The molecule has 1 N–H and O–H groups in total. The molecule has 0 unspecified atom stereocenters. The van der Waals surface area contributed by atoms with Crippen molar-refractivity contribution >= 4 is 21.6 Å². The molecule has 0 spiro atoms. The van der Waals surface area contributed by atoms with Gasteiger partial charge in [0.2, 0.25) is 0 Å². The van der Waals surface area contributed by atoms with Gasteiger partial charge in [-0.3, -0.25) is 9.52 Å². The lowest BCUT2D eigenvalue weighted by Gasteiger charge is -2.18. The highest BCUT2D eigenvalue weighted by Crippen LogP contribution is 2.21. The van der Waals surface area contributed by atoms with Crippen LogP contribution in [0.5, 0.6) is 5.75 Å². The van der Waals surface area contributed by atoms with Crippen molar-refractivity contribution in [2.75, 3.05) is 18.4 Å². The molecule has 0 aliphatic heterocycles. The maximum absolute atomic E-state index is 13.7. The molecule has 0 saturated carbocycles. The van der Waals surface area contributed by atoms with Crippen LogP contribution in [-0.2, 0) is 21.4 Å². The highest BCUT2D eigenvalue weighted by atomic mass is 32.2. The van der Waals surface area contributed by atoms with E-state index in [1.165, 1.54) is 35.2 Å². The van der Waals surface area contributed by atoms with Crippen molar-refractivity contribution in [2.24, 2.45) is 0 Å². The number of aryl methyl sites for hydroxylation is 1. The second kappa shape index (κ2) is 9.61. The summed E-state index contributed by atoms with van der Waals surface area (Å²) >= 11 is 0. The molecule has 0 heterocycles. The molecule has 3 rings (SSSR count). The average molecular weight is 443 g/mol. The van der Waals surface area contributed by atoms with Crippen LogP contribution in [0.25, 0.3) is 0 Å². The molecular formula is C23H23FN2O4S. The van der Waals surface area contributed by atoms with Crippen LogP contribution in [0.3, 0.4) is 0 Å². The van der Waals surface area contributed by atoms with E-state index in [0.717, 1.165) is 5.56 Å². The van der Waals surface area contributed by atoms with Crippen LogP contribution in [0.2, 0.25) is 0 Å². The third-order valence-corrected chi connectivity index (χ3v) is 6.06. The number of likely N-dealkylation sites (N-methyl/N-ethyl adjacent to an activating group) is 1. The van der Waals surface area contributed by atoms with Gasteiger partial charge in [-0.25, -0.2) is 12.8 Å². The Morgan fingerprint density at radius 1 is 1.00 bits per heavy atom. The number of ether oxygens (including phenoxy) is 1. The van der Waals surface area contributed by atoms with Crippen LogP contribution in [0.1, 0.15) is 11.1 Å². The van der Waals surface area contributed by atoms with Crippen molar-refractivity contribution in [3.63, 3.8) is 0 Å². The van der Waals surface area contributed by atoms with Gasteiger partial charge in [0.1, 0.15) is 11.6 Å². The molecule has 162 valence electrons. The normalized spacial score (nSPS) is 11.1. The van der Waals surface area contributed by atoms with E-state index < -0.39 is 10.0 Å². The monoisotopic (exact) mass is 442 g/mol. The summed E-state index contributed by atoms with van der Waals surface area (Å²) in [5.41, 5.74) is 1.73. The van der Waals surface area contributed by atoms with Gasteiger partial charge in [-0.1, -0.05) is 36.4 Å². The number of halogens is 1. The van der Waals surface area contributed by atoms with Crippen LogP contribution >= 0.6 is 0 Å². The number of rotatable bonds is 8. The molecular weight excluding hydrogens is 419 g/mol. The number of amides is 1. The number of sulfonamides is 1. The second-order valence-electron chi connectivity index (χ2n) is 7.02. The van der Waals surface area contributed by atoms with Crippen molar-refractivity contribution in [1.82, 2.24) is 4.90 Å². The third-order valence-electron chi connectivity index (χ3n) is 4.68. The van der Waals surface area contributed by atoms with E-state index in [2.05, 4.69) is 4.72 Å². The van der Waals surface area contributed by atoms with E-state index in [9.17, 15) is 17.6 Å². The average Bonchev–Trinajstić information content (AvgIpc) is 2.75. The minimum Gasteiger partial charge on any atom is -0.484 e. The number of nitrogens with one attached hydrogen (secondary N) is 1. The van der Waals surface area contributed by atoms with Crippen LogP contribution in [0.15, 0.2) is 77.7 Å². The zero-order valence-corrected chi connectivity index (χ0v) is 18.0. The predicted octanol–water partition coefficient (Wildman–Crippen LogP) is 3.97. The molecule has 0 radical (unpaired) electrons. The molecule has 8 heteroatoms. The van der Waals surface area contributed by atoms with Gasteiger partial charge in [0.15, 0.2) is 6.61 Å². The molecule has 1 amide bonds. The lowest BCUT2D eigenvalue weighted by molar-refractivity contribution is -0.132. The van der Waals surface area contributed by atoms with E-state index in [-0.39, 0.29) is 29.8 Å². The molecule has 0 bridgehead atoms. The summed E-state index contributed by atoms with van der Waals surface area (Å²) in [5.74, 6) is -0.358. The van der Waals surface area contributed by atoms with E-state index in [1.54, 1.807) is 37.4 Å². The van der Waals surface area contributed by atoms with Gasteiger partial charge in [0.05, 0.1) is 10.6 Å². The number of para-hydroxylation sites is 1. The Morgan fingerprint density at radius 3 is 2.32 bits per heavy atom. The number of carbonyl (C=O) groups is 1. The second-order valence-corrected chi connectivity index (χ2v) is 8.70. The Kier molecular flexibility index (Phi) is 6.91. The number of hydrogen-bond acceptors (Lipinski definition) is 4. The fourth-order valence-electron chi connectivity index (χ4n) is 2.83. The smallest absolute Gasteiger partial charge is 0.261 e. The fraction of sp³-hybridized carbons (Fsp3) is 0.174. The first-order chi connectivity index (χ1) is 14.8. The van der Waals surface area contributed by atoms with Crippen LogP contribution in [-0.4, -0.2) is 32.9 Å². The SMILES string of the molecule is Cc1ccccc1NS(=O)(=O)c1ccc(OCC(=O)N(C)Cc2ccccc2F)cc1. The van der Waals surface area contributed by atoms with E-state index in [1.807, 2.05) is 19.1 Å². The molecule has 6 nitrogen and oxygen atoms in total. The molecule has 31 heavy (non-hydrogen) atoms. The minimum absolute atomic E-state index is 0.0751. The number of carbonyl (C=O) groups excluding carboxylic acids is 1. The number of nitrogens with zero attached hydrogens (tertiary/aromatic N) is 1. The summed E-state index contributed by atoms with van der Waals surface area (Å²) in [7, 11) is -2.19. The standard InChI is InChI=1S/C23H23FN2O4S/c1-17-7-3-6-10-22(17)25-31(28,29)20-13-11-19(12-14-20)30-16-23(27)26(2)15-18-8-4-5-9-21(18)24/h3-14,25H,15-16H2,1-2H3. The third kappa shape index (κ3) is 5.82. The Balaban J connectivity index is 1.58. The maximum atomic E-state index is 13.7. The maximum Gasteiger partial charge on any atom is 0.261 e. The van der Waals surface area contributed by atoms with Crippen molar-refractivity contribution in [2.45, 2.75) is 18.4 Å². The highest BCUT2D eigenvalue weighted by Gasteiger charge is 2.16. The van der Waals surface area contributed by atoms with Gasteiger partial charge >= 0.3 is 0 Å². The summed E-state index contributed by atoms with van der Waals surface area (Å²) in [6.07, 6.45) is 0. The first kappa shape index (κ1) is 22.3. The van der Waals surface area contributed by atoms with E-state index in [4.69, 9.17) is 4.74 Å².